The van der Waals surface area contributed by atoms with E-state index in [9.17, 15) is 4.79 Å². The Hall–Kier alpha value is -3.06. The van der Waals surface area contributed by atoms with E-state index in [2.05, 4.69) is 50.9 Å². The van der Waals surface area contributed by atoms with Crippen LogP contribution in [0.1, 0.15) is 31.7 Å². The van der Waals surface area contributed by atoms with Crippen molar-refractivity contribution in [2.75, 3.05) is 13.1 Å². The van der Waals surface area contributed by atoms with Crippen molar-refractivity contribution in [2.45, 2.75) is 43.5 Å². The molecule has 0 aliphatic carbocycles. The van der Waals surface area contributed by atoms with E-state index in [1.807, 2.05) is 42.3 Å². The lowest BCUT2D eigenvalue weighted by Crippen LogP contribution is -2.40. The van der Waals surface area contributed by atoms with Gasteiger partial charge in [-0.05, 0) is 50.8 Å². The van der Waals surface area contributed by atoms with E-state index in [4.69, 9.17) is 0 Å². The van der Waals surface area contributed by atoms with E-state index in [0.29, 0.717) is 0 Å². The summed E-state index contributed by atoms with van der Waals surface area (Å²) in [4.78, 5) is 18.4. The molecule has 1 aliphatic heterocycles. The molecule has 0 unspecified atom stereocenters. The average Bonchev–Trinajstić information content (AvgIpc) is 3.43. The van der Waals surface area contributed by atoms with Gasteiger partial charge in [-0.1, -0.05) is 48.2 Å². The van der Waals surface area contributed by atoms with Crippen molar-refractivity contribution in [2.24, 2.45) is 0 Å². The average molecular weight is 446 g/mol. The zero-order valence-corrected chi connectivity index (χ0v) is 19.2. The van der Waals surface area contributed by atoms with Crippen molar-refractivity contribution in [3.05, 3.63) is 60.3 Å². The fraction of sp³-hybridized carbons (Fsp3) is 0.320. The maximum Gasteiger partial charge on any atom is 0.235 e. The molecule has 2 aromatic carbocycles. The molecule has 3 heterocycles. The summed E-state index contributed by atoms with van der Waals surface area (Å²) >= 11 is 1.49. The number of benzene rings is 2. The van der Waals surface area contributed by atoms with Crippen LogP contribution in [0.4, 0.5) is 0 Å². The van der Waals surface area contributed by atoms with Crippen LogP contribution in [0, 0.1) is 6.92 Å². The third-order valence-electron chi connectivity index (χ3n) is 6.12. The summed E-state index contributed by atoms with van der Waals surface area (Å²) in [5, 5.41) is 10.8. The van der Waals surface area contributed by atoms with Gasteiger partial charge in [-0.3, -0.25) is 9.36 Å². The first-order valence-corrected chi connectivity index (χ1v) is 12.0. The molecular weight excluding hydrogens is 418 g/mol. The topological polar surface area (TPSA) is 66.8 Å². The van der Waals surface area contributed by atoms with Crippen molar-refractivity contribution in [3.8, 4) is 17.1 Å². The standard InChI is InChI=1S/C25H27N5OS/c1-17-10-4-7-13-22(17)30-23(20-16-26-21-12-6-5-11-19(20)21)27-28-25(30)32-18(2)24(31)29-14-8-3-9-15-29/h4-7,10-13,16,18,26H,3,8-9,14-15H2,1-2H3/t18-/m0/s1. The number of fused-ring (bicyclic) bond motifs is 1. The lowest BCUT2D eigenvalue weighted by atomic mass is 10.1. The number of likely N-dealkylation sites (tertiary alicyclic amines) is 1. The molecule has 0 bridgehead atoms. The maximum absolute atomic E-state index is 13.1. The highest BCUT2D eigenvalue weighted by atomic mass is 32.2. The molecule has 2 aromatic heterocycles. The number of hydrogen-bond donors (Lipinski definition) is 1. The Morgan fingerprint density at radius 2 is 1.78 bits per heavy atom. The van der Waals surface area contributed by atoms with E-state index in [0.717, 1.165) is 64.6 Å². The van der Waals surface area contributed by atoms with Crippen molar-refractivity contribution in [3.63, 3.8) is 0 Å². The highest BCUT2D eigenvalue weighted by molar-refractivity contribution is 8.00. The second-order valence-corrected chi connectivity index (χ2v) is 9.63. The van der Waals surface area contributed by atoms with E-state index >= 15 is 0 Å². The number of aryl methyl sites for hydroxylation is 1. The van der Waals surface area contributed by atoms with Gasteiger partial charge in [0.05, 0.1) is 10.9 Å². The number of piperidine rings is 1. The number of carbonyl (C=O) groups is 1. The van der Waals surface area contributed by atoms with Gasteiger partial charge in [0, 0.05) is 35.8 Å². The van der Waals surface area contributed by atoms with Crippen LogP contribution in [0.3, 0.4) is 0 Å². The van der Waals surface area contributed by atoms with Gasteiger partial charge in [0.25, 0.3) is 0 Å². The van der Waals surface area contributed by atoms with Crippen LogP contribution in [-0.4, -0.2) is 48.9 Å². The summed E-state index contributed by atoms with van der Waals surface area (Å²) in [6, 6.07) is 16.4. The van der Waals surface area contributed by atoms with Gasteiger partial charge in [0.2, 0.25) is 5.91 Å². The minimum Gasteiger partial charge on any atom is -0.360 e. The van der Waals surface area contributed by atoms with Gasteiger partial charge in [0.1, 0.15) is 0 Å². The molecule has 4 aromatic rings. The second-order valence-electron chi connectivity index (χ2n) is 8.32. The molecule has 7 heteroatoms. The molecule has 5 rings (SSSR count). The van der Waals surface area contributed by atoms with E-state index in [1.165, 1.54) is 18.2 Å². The molecule has 1 saturated heterocycles. The zero-order valence-electron chi connectivity index (χ0n) is 18.4. The fourth-order valence-electron chi connectivity index (χ4n) is 4.39. The molecule has 0 spiro atoms. The van der Waals surface area contributed by atoms with Crippen molar-refractivity contribution in [1.29, 1.82) is 0 Å². The molecule has 0 saturated carbocycles. The van der Waals surface area contributed by atoms with Crippen LogP contribution >= 0.6 is 11.8 Å². The smallest absolute Gasteiger partial charge is 0.235 e. The lowest BCUT2D eigenvalue weighted by molar-refractivity contribution is -0.131. The van der Waals surface area contributed by atoms with E-state index in [-0.39, 0.29) is 11.2 Å². The second kappa shape index (κ2) is 8.82. The summed E-state index contributed by atoms with van der Waals surface area (Å²) < 4.78 is 2.09. The summed E-state index contributed by atoms with van der Waals surface area (Å²) in [6.07, 6.45) is 5.38. The number of amides is 1. The monoisotopic (exact) mass is 445 g/mol. The summed E-state index contributed by atoms with van der Waals surface area (Å²) in [6.45, 7) is 5.78. The minimum atomic E-state index is -0.226. The SMILES string of the molecule is Cc1ccccc1-n1c(S[C@@H](C)C(=O)N2CCCCC2)nnc1-c1c[nH]c2ccccc12. The van der Waals surface area contributed by atoms with Crippen LogP contribution < -0.4 is 0 Å². The quantitative estimate of drug-likeness (QED) is 0.428. The van der Waals surface area contributed by atoms with Gasteiger partial charge < -0.3 is 9.88 Å². The van der Waals surface area contributed by atoms with Gasteiger partial charge in [0.15, 0.2) is 11.0 Å². The number of carbonyl (C=O) groups excluding carboxylic acids is 1. The van der Waals surface area contributed by atoms with Crippen molar-refractivity contribution in [1.82, 2.24) is 24.6 Å². The van der Waals surface area contributed by atoms with Crippen molar-refractivity contribution >= 4 is 28.6 Å². The van der Waals surface area contributed by atoms with Crippen LogP contribution in [0.2, 0.25) is 0 Å². The first-order chi connectivity index (χ1) is 15.6. The molecule has 1 amide bonds. The minimum absolute atomic E-state index is 0.183. The largest absolute Gasteiger partial charge is 0.360 e. The van der Waals surface area contributed by atoms with Gasteiger partial charge in [-0.15, -0.1) is 10.2 Å². The number of hydrogen-bond acceptors (Lipinski definition) is 4. The molecule has 1 aliphatic rings. The van der Waals surface area contributed by atoms with Gasteiger partial charge >= 0.3 is 0 Å². The number of thioether (sulfide) groups is 1. The Morgan fingerprint density at radius 1 is 1.03 bits per heavy atom. The number of nitrogens with zero attached hydrogens (tertiary/aromatic N) is 4. The Labute approximate surface area is 192 Å². The third kappa shape index (κ3) is 3.81. The molecule has 164 valence electrons. The first-order valence-electron chi connectivity index (χ1n) is 11.2. The highest BCUT2D eigenvalue weighted by Crippen LogP contribution is 2.34. The first kappa shape index (κ1) is 20.8. The van der Waals surface area contributed by atoms with E-state index < -0.39 is 0 Å². The summed E-state index contributed by atoms with van der Waals surface area (Å²) in [7, 11) is 0. The lowest BCUT2D eigenvalue weighted by Gasteiger charge is -2.28. The number of H-pyrrole nitrogens is 1. The van der Waals surface area contributed by atoms with Gasteiger partial charge in [-0.2, -0.15) is 0 Å². The zero-order chi connectivity index (χ0) is 22.1. The number of aromatic nitrogens is 4. The Morgan fingerprint density at radius 3 is 2.59 bits per heavy atom. The molecule has 6 nitrogen and oxygen atoms in total. The van der Waals surface area contributed by atoms with Crippen LogP contribution in [0.25, 0.3) is 28.0 Å². The Bertz CT molecular complexity index is 1250. The molecule has 1 fully saturated rings. The number of aromatic amines is 1. The number of para-hydroxylation sites is 2. The predicted octanol–water partition coefficient (Wildman–Crippen LogP) is 5.22. The van der Waals surface area contributed by atoms with Crippen LogP contribution in [0.15, 0.2) is 59.9 Å². The number of nitrogens with one attached hydrogen (secondary N) is 1. The maximum atomic E-state index is 13.1. The Kier molecular flexibility index (Phi) is 5.74. The fourth-order valence-corrected chi connectivity index (χ4v) is 5.33. The van der Waals surface area contributed by atoms with Crippen molar-refractivity contribution < 1.29 is 4.79 Å². The molecular formula is C25H27N5OS. The summed E-state index contributed by atoms with van der Waals surface area (Å²) in [5.74, 6) is 0.958. The summed E-state index contributed by atoms with van der Waals surface area (Å²) in [5.41, 5.74) is 4.21. The highest BCUT2D eigenvalue weighted by Gasteiger charge is 2.27. The van der Waals surface area contributed by atoms with Gasteiger partial charge in [-0.25, -0.2) is 0 Å². The molecule has 32 heavy (non-hydrogen) atoms. The molecule has 0 radical (unpaired) electrons. The van der Waals surface area contributed by atoms with Crippen LogP contribution in [0.5, 0.6) is 0 Å². The van der Waals surface area contributed by atoms with Crippen LogP contribution in [-0.2, 0) is 4.79 Å². The number of rotatable bonds is 5. The third-order valence-corrected chi connectivity index (χ3v) is 7.15. The molecule has 1 atom stereocenters. The normalized spacial score (nSPS) is 15.2. The predicted molar refractivity (Wildman–Crippen MR) is 129 cm³/mol. The molecule has 1 N–H and O–H groups in total. The Balaban J connectivity index is 1.56. The van der Waals surface area contributed by atoms with E-state index in [1.54, 1.807) is 0 Å².